The van der Waals surface area contributed by atoms with Gasteiger partial charge in [-0.2, -0.15) is 0 Å². The number of hydrogen-bond donors (Lipinski definition) is 7. The molecule has 4 heterocycles. The number of unbranched alkanes of at least 4 members (excludes halogenated alkanes) is 1. The maximum Gasteiger partial charge on any atom is 0.409 e. The number of quaternary nitrogens is 1. The van der Waals surface area contributed by atoms with Crippen molar-refractivity contribution in [2.24, 2.45) is 11.7 Å². The molecule has 0 spiro atoms. The zero-order valence-electron chi connectivity index (χ0n) is 79.5. The van der Waals surface area contributed by atoms with E-state index in [2.05, 4.69) is 79.0 Å². The van der Waals surface area contributed by atoms with E-state index in [1.54, 1.807) is 123 Å². The van der Waals surface area contributed by atoms with E-state index in [1.165, 1.54) is 34.7 Å². The fraction of sp³-hybridized carbons (Fsp3) is 0.352. The Labute approximate surface area is 816 Å². The lowest BCUT2D eigenvalue weighted by atomic mass is 9.96. The number of alkyl carbamates (subject to hydrolysis) is 2. The number of benzene rings is 8. The summed E-state index contributed by atoms with van der Waals surface area (Å²) in [5.74, 6) is 0.884. The van der Waals surface area contributed by atoms with Crippen molar-refractivity contribution in [2.75, 3.05) is 99.3 Å². The number of terminal acetylenes is 1. The Morgan fingerprint density at radius 3 is 2.06 bits per heavy atom. The number of aromatic nitrogens is 4. The van der Waals surface area contributed by atoms with Crippen molar-refractivity contribution in [3.8, 4) is 85.3 Å². The van der Waals surface area contributed by atoms with Gasteiger partial charge in [0.15, 0.2) is 12.4 Å². The van der Waals surface area contributed by atoms with Gasteiger partial charge in [0.05, 0.1) is 56.0 Å². The first-order chi connectivity index (χ1) is 66.9. The molecule has 34 heteroatoms. The first-order valence-corrected chi connectivity index (χ1v) is 47.2. The number of fused-ring (bicyclic) bond motifs is 4. The third-order valence-electron chi connectivity index (χ3n) is 24.0. The zero-order chi connectivity index (χ0) is 98.9. The van der Waals surface area contributed by atoms with E-state index in [0.717, 1.165) is 27.8 Å². The molecule has 1 saturated heterocycles. The summed E-state index contributed by atoms with van der Waals surface area (Å²) in [4.78, 5) is 134. The number of anilines is 1. The van der Waals surface area contributed by atoms with Gasteiger partial charge in [0.1, 0.15) is 96.7 Å². The fourth-order valence-corrected chi connectivity index (χ4v) is 18.1. The highest BCUT2D eigenvalue weighted by Crippen LogP contribution is 2.51. The molecule has 3 aromatic heterocycles. The number of hydrogen-bond acceptors (Lipinski definition) is 23. The van der Waals surface area contributed by atoms with Gasteiger partial charge in [-0.1, -0.05) is 147 Å². The number of nitrogens with one attached hydrogen (secondary N) is 6. The quantitative estimate of drug-likeness (QED) is 0.00613. The highest BCUT2D eigenvalue weighted by atomic mass is 35.5. The van der Waals surface area contributed by atoms with Crippen molar-refractivity contribution in [3.63, 3.8) is 0 Å². The smallest absolute Gasteiger partial charge is 0.409 e. The minimum atomic E-state index is -1.33. The molecule has 1 fully saturated rings. The number of nitrogens with two attached hydrogens (primary N) is 1. The van der Waals surface area contributed by atoms with Gasteiger partial charge in [0, 0.05) is 86.5 Å². The Kier molecular flexibility index (Phi) is 35.2. The standard InChI is InChI=1S/C105H116ClFN14O17S/c1-12-55-133-103(128)117-84(30-21-22-47-111-102(127)138-105(5,6)7)96(123)118-92(65(2)3)97(124)116-83(31-23-48-110-101(108)126)95(122)115-73-41-38-70(71(57-73)59-119(8)104(129)136-63-82-79-27-16-14-25-77(79)78-26-15-17-28-80(78)82)60-121(9)53-50-120(51-54-121)52-56-132-87-45-44-76(66(4)91(87)106)89-90-98(112-64-113-99(90)139-93(89)68-36-39-72(107)40-37-68)137-88(100(125)135-61-67-34-42-75(130-10)43-35-67)58-69-24-13-19-32-85(69)134-62-74-46-49-109-94(114-74)81-29-18-20-33-86(81)131-11/h1,13-20,24-29,32-46,49,57,64-65,82-84,88,92H,21-23,30-31,47-48,50-56,58-63H2,2-11H3,(H7-,108,110,111,115,116,117,118,122,123,124,126,127,128)/p+1/t83-,84-,88+,92-/m0/s1. The van der Waals surface area contributed by atoms with Gasteiger partial charge in [-0.05, 0) is 188 Å². The Morgan fingerprint density at radius 1 is 0.683 bits per heavy atom. The second kappa shape index (κ2) is 48.0. The number of halogens is 2. The third-order valence-corrected chi connectivity index (χ3v) is 25.7. The lowest BCUT2D eigenvalue weighted by molar-refractivity contribution is -0.926. The largest absolute Gasteiger partial charge is 0.497 e. The highest BCUT2D eigenvalue weighted by molar-refractivity contribution is 7.22. The number of thiophene rings is 1. The summed E-state index contributed by atoms with van der Waals surface area (Å²) in [6.45, 7) is 14.5. The number of ether oxygens (including phenoxy) is 9. The fourth-order valence-electron chi connectivity index (χ4n) is 16.7. The predicted molar refractivity (Wildman–Crippen MR) is 528 cm³/mol. The van der Waals surface area contributed by atoms with E-state index in [-0.39, 0.29) is 90.1 Å². The molecule has 728 valence electrons. The number of likely N-dealkylation sites (N-methyl/N-ethyl adjacent to an activating group) is 1. The van der Waals surface area contributed by atoms with E-state index < -0.39 is 89.6 Å². The monoisotopic (exact) mass is 1930 g/mol. The molecule has 13 rings (SSSR count). The molecule has 8 N–H and O–H groups in total. The number of methoxy groups -OCH3 is 2. The SMILES string of the molecule is C#CCOC(=O)N[C@@H](CCCCNC(=O)OC(C)(C)C)C(=O)N[C@H](C(=O)N[C@@H](CCCNC(N)=O)C(=O)Nc1ccc(C[N+]2(C)CCN(CCOc3ccc(-c4c(-c5ccc(F)cc5)sc5ncnc(O[C@H](Cc6ccccc6OCc6ccnc(-c7ccccc7OC)n6)C(=O)OCc6ccc(OC)cc6)c45)c(C)c3Cl)CC2)c(CN(C)C(=O)OCC2c3ccccc3-c3ccccc32)c1)C(C)C. The van der Waals surface area contributed by atoms with Gasteiger partial charge in [-0.25, -0.2) is 48.3 Å². The van der Waals surface area contributed by atoms with Crippen LogP contribution in [0, 0.1) is 31.0 Å². The minimum absolute atomic E-state index is 0.00294. The highest BCUT2D eigenvalue weighted by Gasteiger charge is 2.37. The van der Waals surface area contributed by atoms with E-state index in [0.29, 0.717) is 161 Å². The number of primary amides is 1. The summed E-state index contributed by atoms with van der Waals surface area (Å²) < 4.78 is 69.2. The van der Waals surface area contributed by atoms with Crippen molar-refractivity contribution in [3.05, 3.63) is 250 Å². The van der Waals surface area contributed by atoms with Crippen LogP contribution in [0.15, 0.2) is 195 Å². The van der Waals surface area contributed by atoms with Crippen LogP contribution < -0.4 is 61.3 Å². The Balaban J connectivity index is 0.711. The van der Waals surface area contributed by atoms with Crippen molar-refractivity contribution >= 4 is 86.8 Å². The molecule has 31 nitrogen and oxygen atoms in total. The van der Waals surface area contributed by atoms with Gasteiger partial charge in [0.2, 0.25) is 29.7 Å². The molecule has 4 atom stereocenters. The van der Waals surface area contributed by atoms with Crippen LogP contribution in [0.25, 0.3) is 54.3 Å². The van der Waals surface area contributed by atoms with Gasteiger partial charge >= 0.3 is 30.3 Å². The number of para-hydroxylation sites is 2. The minimum Gasteiger partial charge on any atom is -0.497 e. The number of carbonyl (C=O) groups is 8. The van der Waals surface area contributed by atoms with Crippen LogP contribution in [0.2, 0.25) is 5.02 Å². The molecule has 8 aromatic carbocycles. The second-order valence-corrected chi connectivity index (χ2v) is 37.0. The number of amides is 8. The summed E-state index contributed by atoms with van der Waals surface area (Å²) in [6, 6.07) is 50.7. The molecule has 8 amide bonds. The first kappa shape index (κ1) is 102. The number of urea groups is 1. The molecule has 11 aromatic rings. The molecule has 0 bridgehead atoms. The van der Waals surface area contributed by atoms with E-state index in [4.69, 9.17) is 81.3 Å². The first-order valence-electron chi connectivity index (χ1n) is 46.0. The molecule has 2 aliphatic rings. The molecular weight excluding hydrogens is 1820 g/mol. The van der Waals surface area contributed by atoms with Crippen LogP contribution in [-0.2, 0) is 70.8 Å². The van der Waals surface area contributed by atoms with Crippen LogP contribution in [0.5, 0.6) is 28.9 Å². The van der Waals surface area contributed by atoms with Crippen molar-refractivity contribution in [2.45, 2.75) is 142 Å². The van der Waals surface area contributed by atoms with Crippen LogP contribution >= 0.6 is 22.9 Å². The van der Waals surface area contributed by atoms with Crippen LogP contribution in [0.4, 0.5) is 29.3 Å². The van der Waals surface area contributed by atoms with Gasteiger partial charge < -0.3 is 89.6 Å². The molecule has 0 unspecified atom stereocenters. The molecule has 0 saturated carbocycles. The average molecular weight is 1930 g/mol. The summed E-state index contributed by atoms with van der Waals surface area (Å²) in [5.41, 5.74) is 16.1. The van der Waals surface area contributed by atoms with E-state index >= 15 is 0 Å². The number of esters is 1. The van der Waals surface area contributed by atoms with Gasteiger partial charge in [0.25, 0.3) is 0 Å². The lowest BCUT2D eigenvalue weighted by Crippen LogP contribution is -2.57. The normalized spacial score (nSPS) is 13.6. The maximum atomic E-state index is 14.9. The summed E-state index contributed by atoms with van der Waals surface area (Å²) in [5, 5.41) is 17.2. The summed E-state index contributed by atoms with van der Waals surface area (Å²) in [6.07, 6.45) is 5.79. The molecule has 0 radical (unpaired) electrons. The van der Waals surface area contributed by atoms with Gasteiger partial charge in [-0.15, -0.1) is 17.8 Å². The summed E-state index contributed by atoms with van der Waals surface area (Å²) in [7, 11) is 7.00. The number of carbonyl (C=O) groups excluding carboxylic acids is 8. The maximum absolute atomic E-state index is 14.9. The Bertz CT molecular complexity index is 6180. The van der Waals surface area contributed by atoms with Gasteiger partial charge in [-0.3, -0.25) is 19.3 Å². The van der Waals surface area contributed by atoms with Crippen molar-refractivity contribution < 1.29 is 89.9 Å². The second-order valence-electron chi connectivity index (χ2n) is 35.6. The Hall–Kier alpha value is -14.5. The number of nitrogens with zero attached hydrogens (tertiary/aromatic N) is 7. The van der Waals surface area contributed by atoms with Crippen LogP contribution in [0.3, 0.4) is 0 Å². The van der Waals surface area contributed by atoms with Crippen molar-refractivity contribution in [1.82, 2.24) is 56.3 Å². The average Bonchev–Trinajstić information content (AvgIpc) is 1.59. The van der Waals surface area contributed by atoms with E-state index in [1.807, 2.05) is 91.9 Å². The Morgan fingerprint density at radius 2 is 1.37 bits per heavy atom. The predicted octanol–water partition coefficient (Wildman–Crippen LogP) is 16.1. The summed E-state index contributed by atoms with van der Waals surface area (Å²) >= 11 is 8.82. The number of piperazine rings is 1. The molecular formula is C105H117ClFN14O17S+. The lowest BCUT2D eigenvalue weighted by Gasteiger charge is -2.42. The third kappa shape index (κ3) is 27.5. The zero-order valence-corrected chi connectivity index (χ0v) is 81.0. The molecule has 139 heavy (non-hydrogen) atoms. The van der Waals surface area contributed by atoms with Crippen molar-refractivity contribution in [1.29, 1.82) is 0 Å². The van der Waals surface area contributed by atoms with E-state index in [9.17, 15) is 42.7 Å². The number of rotatable bonds is 43. The molecule has 1 aliphatic carbocycles. The van der Waals surface area contributed by atoms with Crippen LogP contribution in [0.1, 0.15) is 117 Å². The van der Waals surface area contributed by atoms with Crippen LogP contribution in [-0.4, -0.2) is 206 Å². The molecule has 1 aliphatic heterocycles. The topological polar surface area (TPSA) is 376 Å².